The lowest BCUT2D eigenvalue weighted by Crippen LogP contribution is -2.62. The molecule has 7 atom stereocenters. The number of anilines is 2. The number of carbonyl (C=O) groups is 6. The van der Waals surface area contributed by atoms with Crippen LogP contribution >= 0.6 is 0 Å². The summed E-state index contributed by atoms with van der Waals surface area (Å²) in [5, 5.41) is 17.8. The van der Waals surface area contributed by atoms with Crippen molar-refractivity contribution in [1.82, 2.24) is 41.3 Å². The van der Waals surface area contributed by atoms with Crippen LogP contribution in [0, 0.1) is 17.6 Å². The molecule has 4 aromatic carbocycles. The summed E-state index contributed by atoms with van der Waals surface area (Å²) in [6, 6.07) is 20.5. The monoisotopic (exact) mass is 1090 g/mol. The van der Waals surface area contributed by atoms with Crippen LogP contribution in [0.25, 0.3) is 0 Å². The first-order chi connectivity index (χ1) is 38.0. The summed E-state index contributed by atoms with van der Waals surface area (Å²) >= 11 is 0. The Bertz CT molecular complexity index is 2890. The molecule has 0 saturated carbocycles. The molecule has 5 aliphatic rings. The molecule has 5 aliphatic heterocycles. The van der Waals surface area contributed by atoms with Crippen LogP contribution in [0.1, 0.15) is 84.8 Å². The number of rotatable bonds is 18. The molecule has 6 amide bonds. The number of carbonyl (C=O) groups excluding carboxylic acids is 6. The van der Waals surface area contributed by atoms with Gasteiger partial charge in [0, 0.05) is 94.9 Å². The molecule has 20 heteroatoms. The number of likely N-dealkylation sites (N-methyl/N-ethyl adjacent to an activating group) is 1. The summed E-state index contributed by atoms with van der Waals surface area (Å²) < 4.78 is 40.7. The number of nitrogens with one attached hydrogen (secondary N) is 6. The number of nitrogens with zero attached hydrogens (tertiary/aromatic N) is 4. The smallest absolute Gasteiger partial charge is 0.251 e. The summed E-state index contributed by atoms with van der Waals surface area (Å²) in [5.41, 5.74) is 2.97. The van der Waals surface area contributed by atoms with Crippen molar-refractivity contribution in [2.75, 3.05) is 96.0 Å². The van der Waals surface area contributed by atoms with Crippen LogP contribution in [0.2, 0.25) is 0 Å². The van der Waals surface area contributed by atoms with Gasteiger partial charge in [0.2, 0.25) is 23.6 Å². The number of ether oxygens (including phenoxy) is 2. The summed E-state index contributed by atoms with van der Waals surface area (Å²) in [6.45, 7) is 13.2. The predicted octanol–water partition coefficient (Wildman–Crippen LogP) is 3.63. The third-order valence-electron chi connectivity index (χ3n) is 16.4. The minimum Gasteiger partial charge on any atom is -0.381 e. The first-order valence-electron chi connectivity index (χ1n) is 27.6. The van der Waals surface area contributed by atoms with Gasteiger partial charge in [0.25, 0.3) is 11.8 Å². The van der Waals surface area contributed by atoms with Crippen LogP contribution in [0.15, 0.2) is 84.9 Å². The van der Waals surface area contributed by atoms with Crippen molar-refractivity contribution in [3.05, 3.63) is 130 Å². The van der Waals surface area contributed by atoms with E-state index in [0.717, 1.165) is 42.4 Å². The van der Waals surface area contributed by atoms with E-state index >= 15 is 4.39 Å². The molecule has 18 nitrogen and oxygen atoms in total. The van der Waals surface area contributed by atoms with Crippen LogP contribution in [-0.2, 0) is 51.8 Å². The average molecular weight is 1090 g/mol. The Balaban J connectivity index is 0.860. The standard InChI is InChI=1S/C59H74F2N10O8/c1-36-30-69(45(29-65-36)32-68-22-25-79-34-37(68)2)33-51(72)71-35-59(4,47-16-12-40(27-50(47)71)26-39-10-14-44(60)15-11-39)58(77)64-21-20-63-55(74)42-13-17-48(61)49(28-42)66-56(75)53-46-9-7-6-8-43(46)31-70(53)57(76)52(41-18-23-78-24-19-41)67-54(73)38(3)62-5/h6-17,27-28,36-38,41,45,52-53,62,65H,18-26,29-35H2,1-5H3,(H,63,74)(H,64,77)(H,66,75)(H,67,73)/t36-,37-,38+,45-,52?,53+,59?/m1/s1. The molecule has 79 heavy (non-hydrogen) atoms. The molecule has 9 rings (SSSR count). The van der Waals surface area contributed by atoms with E-state index in [2.05, 4.69) is 55.5 Å². The molecular formula is C59H74F2N10O8. The summed E-state index contributed by atoms with van der Waals surface area (Å²) in [4.78, 5) is 92.7. The minimum absolute atomic E-state index is 0.00991. The first-order valence-corrected chi connectivity index (χ1v) is 27.6. The molecule has 422 valence electrons. The maximum absolute atomic E-state index is 15.6. The number of benzene rings is 4. The highest BCUT2D eigenvalue weighted by atomic mass is 19.1. The van der Waals surface area contributed by atoms with Gasteiger partial charge < -0.3 is 51.2 Å². The van der Waals surface area contributed by atoms with Crippen molar-refractivity contribution in [3.8, 4) is 0 Å². The fourth-order valence-corrected chi connectivity index (χ4v) is 11.6. The molecule has 5 heterocycles. The zero-order chi connectivity index (χ0) is 56.0. The largest absolute Gasteiger partial charge is 0.381 e. The van der Waals surface area contributed by atoms with E-state index in [9.17, 15) is 33.2 Å². The lowest BCUT2D eigenvalue weighted by molar-refractivity contribution is -0.144. The first kappa shape index (κ1) is 57.0. The van der Waals surface area contributed by atoms with Crippen molar-refractivity contribution in [3.63, 3.8) is 0 Å². The van der Waals surface area contributed by atoms with Crippen molar-refractivity contribution in [1.29, 1.82) is 0 Å². The third-order valence-corrected chi connectivity index (χ3v) is 16.4. The second-order valence-corrected chi connectivity index (χ2v) is 22.0. The molecule has 0 radical (unpaired) electrons. The van der Waals surface area contributed by atoms with Crippen molar-refractivity contribution in [2.24, 2.45) is 5.92 Å². The molecule has 6 N–H and O–H groups in total. The van der Waals surface area contributed by atoms with Crippen LogP contribution in [0.4, 0.5) is 20.2 Å². The van der Waals surface area contributed by atoms with Gasteiger partial charge >= 0.3 is 0 Å². The molecule has 2 unspecified atom stereocenters. The molecule has 3 fully saturated rings. The highest BCUT2D eigenvalue weighted by Gasteiger charge is 2.48. The van der Waals surface area contributed by atoms with E-state index in [1.807, 2.05) is 31.2 Å². The van der Waals surface area contributed by atoms with Gasteiger partial charge in [-0.05, 0) is 124 Å². The molecule has 0 spiro atoms. The second kappa shape index (κ2) is 25.2. The van der Waals surface area contributed by atoms with Crippen LogP contribution in [-0.4, -0.2) is 166 Å². The van der Waals surface area contributed by atoms with Gasteiger partial charge in [0.05, 0.1) is 36.9 Å². The van der Waals surface area contributed by atoms with E-state index in [-0.39, 0.29) is 91.6 Å². The van der Waals surface area contributed by atoms with Gasteiger partial charge in [-0.15, -0.1) is 0 Å². The van der Waals surface area contributed by atoms with Gasteiger partial charge in [-0.1, -0.05) is 48.5 Å². The van der Waals surface area contributed by atoms with Gasteiger partial charge in [-0.25, -0.2) is 8.78 Å². The Morgan fingerprint density at radius 1 is 0.861 bits per heavy atom. The summed E-state index contributed by atoms with van der Waals surface area (Å²) in [7, 11) is 1.65. The zero-order valence-corrected chi connectivity index (χ0v) is 45.7. The van der Waals surface area contributed by atoms with E-state index in [4.69, 9.17) is 9.47 Å². The predicted molar refractivity (Wildman–Crippen MR) is 294 cm³/mol. The normalized spacial score (nSPS) is 23.3. The van der Waals surface area contributed by atoms with E-state index < -0.39 is 47.1 Å². The Morgan fingerprint density at radius 2 is 1.61 bits per heavy atom. The van der Waals surface area contributed by atoms with Gasteiger partial charge in [-0.3, -0.25) is 38.6 Å². The molecule has 0 aromatic heterocycles. The SMILES string of the molecule is CN[C@@H](C)C(=O)NC(C(=O)N1Cc2ccccc2[C@H]1C(=O)Nc1cc(C(=O)NCCNC(=O)C2(C)CN(C(=O)CN3C[C@@H](C)NC[C@@H]3CN3CCOC[C@H]3C)c3cc(Cc4ccc(F)cc4)ccc32)ccc1F)C1CCOCC1. The molecular weight excluding hydrogens is 1010 g/mol. The highest BCUT2D eigenvalue weighted by Crippen LogP contribution is 2.42. The fourth-order valence-electron chi connectivity index (χ4n) is 11.6. The van der Waals surface area contributed by atoms with E-state index in [1.165, 1.54) is 29.2 Å². The number of piperazine rings is 1. The lowest BCUT2D eigenvalue weighted by Gasteiger charge is -2.43. The molecule has 4 aromatic rings. The third kappa shape index (κ3) is 13.0. The van der Waals surface area contributed by atoms with Crippen molar-refractivity contribution >= 4 is 46.8 Å². The Hall–Kier alpha value is -6.68. The molecule has 0 bridgehead atoms. The summed E-state index contributed by atoms with van der Waals surface area (Å²) in [6.07, 6.45) is 1.54. The van der Waals surface area contributed by atoms with E-state index in [1.54, 1.807) is 49.2 Å². The quantitative estimate of drug-likeness (QED) is 0.0792. The van der Waals surface area contributed by atoms with Gasteiger partial charge in [0.1, 0.15) is 23.7 Å². The maximum atomic E-state index is 15.6. The lowest BCUT2D eigenvalue weighted by atomic mass is 9.83. The second-order valence-electron chi connectivity index (χ2n) is 22.0. The number of fused-ring (bicyclic) bond motifs is 2. The Morgan fingerprint density at radius 3 is 2.37 bits per heavy atom. The topological polar surface area (TPSA) is 206 Å². The van der Waals surface area contributed by atoms with Crippen LogP contribution in [0.5, 0.6) is 0 Å². The molecule has 3 saturated heterocycles. The average Bonchev–Trinajstić information content (AvgIpc) is 4.12. The zero-order valence-electron chi connectivity index (χ0n) is 45.7. The highest BCUT2D eigenvalue weighted by molar-refractivity contribution is 6.04. The van der Waals surface area contributed by atoms with E-state index in [0.29, 0.717) is 69.0 Å². The van der Waals surface area contributed by atoms with Gasteiger partial charge in [0.15, 0.2) is 0 Å². The Kier molecular flexibility index (Phi) is 18.2. The van der Waals surface area contributed by atoms with Crippen molar-refractivity contribution in [2.45, 2.75) is 95.2 Å². The van der Waals surface area contributed by atoms with Crippen LogP contribution < -0.4 is 36.8 Å². The number of amides is 6. The number of morpholine rings is 1. The Labute approximate surface area is 460 Å². The molecule has 0 aliphatic carbocycles. The minimum atomic E-state index is -1.18. The van der Waals surface area contributed by atoms with Crippen LogP contribution in [0.3, 0.4) is 0 Å². The summed E-state index contributed by atoms with van der Waals surface area (Å²) in [5.74, 6) is -3.98. The number of hydrogen-bond donors (Lipinski definition) is 6. The fraction of sp³-hybridized carbons (Fsp3) is 0.492. The van der Waals surface area contributed by atoms with Crippen molar-refractivity contribution < 1.29 is 47.0 Å². The number of hydrogen-bond acceptors (Lipinski definition) is 12. The number of halogens is 2. The maximum Gasteiger partial charge on any atom is 0.251 e. The van der Waals surface area contributed by atoms with Gasteiger partial charge in [-0.2, -0.15) is 0 Å².